The van der Waals surface area contributed by atoms with Crippen molar-refractivity contribution in [1.82, 2.24) is 0 Å². The summed E-state index contributed by atoms with van der Waals surface area (Å²) in [7, 11) is 0. The van der Waals surface area contributed by atoms with Gasteiger partial charge in [0.05, 0.1) is 0 Å². The Labute approximate surface area is 102 Å². The molecule has 0 saturated heterocycles. The number of halogens is 1. The molecule has 0 heterocycles. The zero-order chi connectivity index (χ0) is 11.1. The second kappa shape index (κ2) is 6.67. The molecule has 1 unspecified atom stereocenters. The van der Waals surface area contributed by atoms with Crippen LogP contribution in [0.25, 0.3) is 0 Å². The number of alkyl halides is 1. The third kappa shape index (κ3) is 3.58. The second-order valence-electron chi connectivity index (χ2n) is 4.85. The standard InChI is InChI=1S/C13H23BrO/c1-2-3-4-6-9-13(11-14)10-7-5-8-12(13)15/h2-11H2,1H3. The summed E-state index contributed by atoms with van der Waals surface area (Å²) in [6.45, 7) is 2.23. The minimum absolute atomic E-state index is 0.00594. The number of carbonyl (C=O) groups is 1. The first-order chi connectivity index (χ1) is 7.25. The number of rotatable bonds is 6. The van der Waals surface area contributed by atoms with Crippen molar-refractivity contribution in [2.75, 3.05) is 5.33 Å². The van der Waals surface area contributed by atoms with Gasteiger partial charge in [-0.2, -0.15) is 0 Å². The molecular formula is C13H23BrO. The zero-order valence-corrected chi connectivity index (χ0v) is 11.4. The number of carbonyl (C=O) groups excluding carboxylic acids is 1. The largest absolute Gasteiger partial charge is 0.299 e. The first-order valence-corrected chi connectivity index (χ1v) is 7.46. The van der Waals surface area contributed by atoms with Gasteiger partial charge in [0, 0.05) is 17.2 Å². The van der Waals surface area contributed by atoms with Crippen molar-refractivity contribution in [3.8, 4) is 0 Å². The summed E-state index contributed by atoms with van der Waals surface area (Å²) in [4.78, 5) is 12.0. The highest BCUT2D eigenvalue weighted by atomic mass is 79.9. The summed E-state index contributed by atoms with van der Waals surface area (Å²) >= 11 is 3.56. The predicted octanol–water partition coefficient (Wildman–Crippen LogP) is 4.48. The summed E-state index contributed by atoms with van der Waals surface area (Å²) in [5.74, 6) is 0.516. The second-order valence-corrected chi connectivity index (χ2v) is 5.42. The molecule has 1 nitrogen and oxygen atoms in total. The number of hydrogen-bond donors (Lipinski definition) is 0. The highest BCUT2D eigenvalue weighted by Crippen LogP contribution is 2.39. The van der Waals surface area contributed by atoms with Gasteiger partial charge >= 0.3 is 0 Å². The van der Waals surface area contributed by atoms with Gasteiger partial charge in [-0.1, -0.05) is 55.0 Å². The molecule has 0 aromatic carbocycles. The van der Waals surface area contributed by atoms with Crippen LogP contribution < -0.4 is 0 Å². The summed E-state index contributed by atoms with van der Waals surface area (Å²) in [6, 6.07) is 0. The van der Waals surface area contributed by atoms with Gasteiger partial charge < -0.3 is 0 Å². The Hall–Kier alpha value is 0.150. The van der Waals surface area contributed by atoms with Crippen molar-refractivity contribution in [2.24, 2.45) is 5.41 Å². The van der Waals surface area contributed by atoms with E-state index in [9.17, 15) is 4.79 Å². The predicted molar refractivity (Wildman–Crippen MR) is 68.5 cm³/mol. The molecule has 0 aromatic heterocycles. The van der Waals surface area contributed by atoms with Gasteiger partial charge in [-0.3, -0.25) is 4.79 Å². The average Bonchev–Trinajstić information content (AvgIpc) is 2.27. The van der Waals surface area contributed by atoms with E-state index in [1.165, 1.54) is 32.1 Å². The van der Waals surface area contributed by atoms with Crippen LogP contribution >= 0.6 is 15.9 Å². The molecule has 1 atom stereocenters. The Morgan fingerprint density at radius 1 is 1.27 bits per heavy atom. The molecule has 0 spiro atoms. The zero-order valence-electron chi connectivity index (χ0n) is 9.86. The van der Waals surface area contributed by atoms with E-state index >= 15 is 0 Å². The molecule has 1 fully saturated rings. The topological polar surface area (TPSA) is 17.1 Å². The molecule has 0 amide bonds. The highest BCUT2D eigenvalue weighted by Gasteiger charge is 2.37. The van der Waals surface area contributed by atoms with E-state index in [4.69, 9.17) is 0 Å². The van der Waals surface area contributed by atoms with Crippen molar-refractivity contribution in [2.45, 2.75) is 64.7 Å². The van der Waals surface area contributed by atoms with Crippen molar-refractivity contribution < 1.29 is 4.79 Å². The first kappa shape index (κ1) is 13.2. The van der Waals surface area contributed by atoms with Crippen LogP contribution in [0.4, 0.5) is 0 Å². The van der Waals surface area contributed by atoms with Crippen LogP contribution in [0.2, 0.25) is 0 Å². The summed E-state index contributed by atoms with van der Waals surface area (Å²) < 4.78 is 0. The van der Waals surface area contributed by atoms with Crippen molar-refractivity contribution in [1.29, 1.82) is 0 Å². The molecule has 0 bridgehead atoms. The summed E-state index contributed by atoms with van der Waals surface area (Å²) in [5, 5.41) is 0.880. The number of ketones is 1. The van der Waals surface area contributed by atoms with Gasteiger partial charge in [0.2, 0.25) is 0 Å². The molecular weight excluding hydrogens is 252 g/mol. The summed E-state index contributed by atoms with van der Waals surface area (Å²) in [5.41, 5.74) is 0.00594. The van der Waals surface area contributed by atoms with E-state index < -0.39 is 0 Å². The Bertz CT molecular complexity index is 203. The van der Waals surface area contributed by atoms with Crippen LogP contribution in [0.15, 0.2) is 0 Å². The Balaban J connectivity index is 2.40. The van der Waals surface area contributed by atoms with Crippen LogP contribution in [-0.2, 0) is 4.79 Å². The molecule has 0 aromatic rings. The molecule has 0 aliphatic heterocycles. The summed E-state index contributed by atoms with van der Waals surface area (Å²) in [6.07, 6.45) is 10.5. The van der Waals surface area contributed by atoms with E-state index in [-0.39, 0.29) is 5.41 Å². The maximum Gasteiger partial charge on any atom is 0.139 e. The molecule has 2 heteroatoms. The minimum Gasteiger partial charge on any atom is -0.299 e. The average molecular weight is 275 g/mol. The van der Waals surface area contributed by atoms with E-state index in [0.717, 1.165) is 31.0 Å². The third-order valence-corrected chi connectivity index (χ3v) is 4.74. The number of unbranched alkanes of at least 4 members (excludes halogenated alkanes) is 3. The van der Waals surface area contributed by atoms with E-state index in [1.54, 1.807) is 0 Å². The molecule has 0 radical (unpaired) electrons. The maximum absolute atomic E-state index is 12.0. The van der Waals surface area contributed by atoms with Crippen LogP contribution in [0, 0.1) is 5.41 Å². The van der Waals surface area contributed by atoms with Gasteiger partial charge in [-0.25, -0.2) is 0 Å². The third-order valence-electron chi connectivity index (χ3n) is 3.67. The lowest BCUT2D eigenvalue weighted by Gasteiger charge is -2.34. The Kier molecular flexibility index (Phi) is 5.88. The lowest BCUT2D eigenvalue weighted by atomic mass is 9.71. The van der Waals surface area contributed by atoms with Gasteiger partial charge in [-0.15, -0.1) is 0 Å². The Morgan fingerprint density at radius 2 is 2.07 bits per heavy atom. The SMILES string of the molecule is CCCCCCC1(CBr)CCCCC1=O. The van der Waals surface area contributed by atoms with E-state index in [2.05, 4.69) is 22.9 Å². The smallest absolute Gasteiger partial charge is 0.139 e. The van der Waals surface area contributed by atoms with E-state index in [1.807, 2.05) is 0 Å². The lowest BCUT2D eigenvalue weighted by molar-refractivity contribution is -0.130. The molecule has 88 valence electrons. The molecule has 1 saturated carbocycles. The van der Waals surface area contributed by atoms with Crippen LogP contribution in [-0.4, -0.2) is 11.1 Å². The van der Waals surface area contributed by atoms with Gasteiger partial charge in [-0.05, 0) is 19.3 Å². The van der Waals surface area contributed by atoms with Gasteiger partial charge in [0.15, 0.2) is 0 Å². The highest BCUT2D eigenvalue weighted by molar-refractivity contribution is 9.09. The molecule has 15 heavy (non-hydrogen) atoms. The fraction of sp³-hybridized carbons (Fsp3) is 0.923. The van der Waals surface area contributed by atoms with Crippen LogP contribution in [0.5, 0.6) is 0 Å². The van der Waals surface area contributed by atoms with Crippen LogP contribution in [0.1, 0.15) is 64.7 Å². The van der Waals surface area contributed by atoms with Crippen molar-refractivity contribution >= 4 is 21.7 Å². The van der Waals surface area contributed by atoms with Crippen molar-refractivity contribution in [3.63, 3.8) is 0 Å². The lowest BCUT2D eigenvalue weighted by Crippen LogP contribution is -2.35. The fourth-order valence-corrected chi connectivity index (χ4v) is 3.39. The normalized spacial score (nSPS) is 26.9. The molecule has 1 rings (SSSR count). The number of Topliss-reactive ketones (excluding diaryl/α,β-unsaturated/α-hetero) is 1. The Morgan fingerprint density at radius 3 is 2.67 bits per heavy atom. The maximum atomic E-state index is 12.0. The quantitative estimate of drug-likeness (QED) is 0.516. The monoisotopic (exact) mass is 274 g/mol. The van der Waals surface area contributed by atoms with Gasteiger partial charge in [0.1, 0.15) is 5.78 Å². The minimum atomic E-state index is 0.00594. The van der Waals surface area contributed by atoms with Crippen molar-refractivity contribution in [3.05, 3.63) is 0 Å². The van der Waals surface area contributed by atoms with Crippen LogP contribution in [0.3, 0.4) is 0 Å². The first-order valence-electron chi connectivity index (χ1n) is 6.34. The van der Waals surface area contributed by atoms with E-state index in [0.29, 0.717) is 5.78 Å². The number of hydrogen-bond acceptors (Lipinski definition) is 1. The fourth-order valence-electron chi connectivity index (χ4n) is 2.52. The molecule has 1 aliphatic rings. The molecule has 1 aliphatic carbocycles. The molecule has 0 N–H and O–H groups in total. The van der Waals surface area contributed by atoms with Gasteiger partial charge in [0.25, 0.3) is 0 Å².